The van der Waals surface area contributed by atoms with Gasteiger partial charge in [-0.25, -0.2) is 4.39 Å². The number of nitrogens with zero attached hydrogens (tertiary/aromatic N) is 1. The molecule has 1 heterocycles. The van der Waals surface area contributed by atoms with Crippen molar-refractivity contribution in [1.29, 1.82) is 0 Å². The van der Waals surface area contributed by atoms with Gasteiger partial charge >= 0.3 is 5.97 Å². The second-order valence-electron chi connectivity index (χ2n) is 7.19. The van der Waals surface area contributed by atoms with Crippen LogP contribution in [0.3, 0.4) is 0 Å². The molecule has 2 aromatic carbocycles. The number of benzene rings is 2. The Morgan fingerprint density at radius 3 is 2.64 bits per heavy atom. The molecule has 6 heteroatoms. The Morgan fingerprint density at radius 2 is 1.89 bits per heavy atom. The van der Waals surface area contributed by atoms with Gasteiger partial charge in [-0.3, -0.25) is 14.5 Å². The van der Waals surface area contributed by atoms with Gasteiger partial charge in [0.25, 0.3) is 0 Å². The molecule has 1 aliphatic heterocycles. The fourth-order valence-corrected chi connectivity index (χ4v) is 3.58. The third-order valence-electron chi connectivity index (χ3n) is 5.04. The number of likely N-dealkylation sites (tertiary alicyclic amines) is 1. The molecule has 148 valence electrons. The average molecular weight is 384 g/mol. The number of aliphatic carboxylic acids is 1. The highest BCUT2D eigenvalue weighted by Crippen LogP contribution is 2.22. The number of hydrogen-bond acceptors (Lipinski definition) is 3. The van der Waals surface area contributed by atoms with Crippen LogP contribution in [0.25, 0.3) is 0 Å². The first-order valence-corrected chi connectivity index (χ1v) is 9.61. The number of hydrogen-bond donors (Lipinski definition) is 2. The fourth-order valence-electron chi connectivity index (χ4n) is 3.58. The van der Waals surface area contributed by atoms with E-state index in [1.165, 1.54) is 12.1 Å². The van der Waals surface area contributed by atoms with Gasteiger partial charge in [0, 0.05) is 18.7 Å². The first-order valence-electron chi connectivity index (χ1n) is 9.61. The maximum Gasteiger partial charge on any atom is 0.303 e. The van der Waals surface area contributed by atoms with Crippen molar-refractivity contribution < 1.29 is 19.1 Å². The van der Waals surface area contributed by atoms with Gasteiger partial charge in [-0.1, -0.05) is 30.7 Å². The number of carboxylic acid groups (broad SMARTS) is 1. The van der Waals surface area contributed by atoms with Crippen LogP contribution in [-0.2, 0) is 22.6 Å². The zero-order valence-electron chi connectivity index (χ0n) is 15.7. The van der Waals surface area contributed by atoms with E-state index in [1.54, 1.807) is 12.1 Å². The zero-order valence-corrected chi connectivity index (χ0v) is 15.7. The molecule has 0 bridgehead atoms. The van der Waals surface area contributed by atoms with E-state index in [2.05, 4.69) is 10.2 Å². The predicted molar refractivity (Wildman–Crippen MR) is 105 cm³/mol. The van der Waals surface area contributed by atoms with Crippen molar-refractivity contribution in [3.63, 3.8) is 0 Å². The molecule has 1 saturated heterocycles. The standard InChI is InChI=1S/C22H25FN2O3/c23-18-10-7-17(8-11-18)15-25-13-2-1-6-20(25)22(28)24-19-5-3-4-16(14-19)9-12-21(26)27/h3-5,7-8,10-11,14,20H,1-2,6,9,12-13,15H2,(H,24,28)(H,26,27). The van der Waals surface area contributed by atoms with E-state index in [9.17, 15) is 14.0 Å². The van der Waals surface area contributed by atoms with Crippen LogP contribution in [-0.4, -0.2) is 34.5 Å². The van der Waals surface area contributed by atoms with Crippen LogP contribution in [0.5, 0.6) is 0 Å². The van der Waals surface area contributed by atoms with Crippen LogP contribution in [0.2, 0.25) is 0 Å². The zero-order chi connectivity index (χ0) is 19.9. The van der Waals surface area contributed by atoms with Crippen LogP contribution in [0.4, 0.5) is 10.1 Å². The highest BCUT2D eigenvalue weighted by molar-refractivity contribution is 5.95. The van der Waals surface area contributed by atoms with Gasteiger partial charge < -0.3 is 10.4 Å². The number of carbonyl (C=O) groups is 2. The number of carbonyl (C=O) groups excluding carboxylic acids is 1. The maximum absolute atomic E-state index is 13.1. The second kappa shape index (κ2) is 9.46. The van der Waals surface area contributed by atoms with E-state index in [4.69, 9.17) is 5.11 Å². The Morgan fingerprint density at radius 1 is 1.11 bits per heavy atom. The Kier molecular flexibility index (Phi) is 6.76. The monoisotopic (exact) mass is 384 g/mol. The summed E-state index contributed by atoms with van der Waals surface area (Å²) in [6.07, 6.45) is 3.31. The minimum Gasteiger partial charge on any atom is -0.481 e. The Hall–Kier alpha value is -2.73. The van der Waals surface area contributed by atoms with Crippen LogP contribution in [0.1, 0.15) is 36.8 Å². The lowest BCUT2D eigenvalue weighted by Crippen LogP contribution is -2.46. The maximum atomic E-state index is 13.1. The van der Waals surface area contributed by atoms with E-state index < -0.39 is 5.97 Å². The summed E-state index contributed by atoms with van der Waals surface area (Å²) in [7, 11) is 0. The SMILES string of the molecule is O=C(O)CCc1cccc(NC(=O)C2CCCCN2Cc2ccc(F)cc2)c1. The summed E-state index contributed by atoms with van der Waals surface area (Å²) in [6.45, 7) is 1.44. The molecule has 1 amide bonds. The van der Waals surface area contributed by atoms with E-state index >= 15 is 0 Å². The van der Waals surface area contributed by atoms with E-state index in [0.717, 1.165) is 36.9 Å². The summed E-state index contributed by atoms with van der Waals surface area (Å²) in [4.78, 5) is 25.8. The molecule has 0 aromatic heterocycles. The number of carboxylic acids is 1. The predicted octanol–water partition coefficient (Wildman–Crippen LogP) is 3.84. The summed E-state index contributed by atoms with van der Waals surface area (Å²) >= 11 is 0. The van der Waals surface area contributed by atoms with Gasteiger partial charge in [0.15, 0.2) is 0 Å². The molecule has 5 nitrogen and oxygen atoms in total. The highest BCUT2D eigenvalue weighted by atomic mass is 19.1. The van der Waals surface area contributed by atoms with Gasteiger partial charge in [-0.05, 0) is 61.2 Å². The van der Waals surface area contributed by atoms with Gasteiger partial charge in [0.2, 0.25) is 5.91 Å². The summed E-state index contributed by atoms with van der Waals surface area (Å²) in [5.74, 6) is -1.16. The number of aryl methyl sites for hydroxylation is 1. The lowest BCUT2D eigenvalue weighted by Gasteiger charge is -2.34. The first kappa shape index (κ1) is 20.0. The molecule has 0 radical (unpaired) electrons. The summed E-state index contributed by atoms with van der Waals surface area (Å²) in [6, 6.07) is 13.5. The average Bonchev–Trinajstić information content (AvgIpc) is 2.69. The molecule has 2 N–H and O–H groups in total. The Bertz CT molecular complexity index is 823. The second-order valence-corrected chi connectivity index (χ2v) is 7.19. The molecular weight excluding hydrogens is 359 g/mol. The highest BCUT2D eigenvalue weighted by Gasteiger charge is 2.28. The first-order chi connectivity index (χ1) is 13.5. The molecule has 0 aliphatic carbocycles. The number of amides is 1. The number of anilines is 1. The van der Waals surface area contributed by atoms with Gasteiger partial charge in [-0.15, -0.1) is 0 Å². The van der Waals surface area contributed by atoms with Crippen LogP contribution >= 0.6 is 0 Å². The van der Waals surface area contributed by atoms with Crippen molar-refractivity contribution in [2.45, 2.75) is 44.7 Å². The van der Waals surface area contributed by atoms with Gasteiger partial charge in [0.1, 0.15) is 5.82 Å². The van der Waals surface area contributed by atoms with E-state index in [1.807, 2.05) is 24.3 Å². The normalized spacial score (nSPS) is 17.2. The van der Waals surface area contributed by atoms with Crippen molar-refractivity contribution >= 4 is 17.6 Å². The largest absolute Gasteiger partial charge is 0.481 e. The molecule has 0 saturated carbocycles. The van der Waals surface area contributed by atoms with Crippen molar-refractivity contribution in [1.82, 2.24) is 4.90 Å². The molecule has 1 fully saturated rings. The van der Waals surface area contributed by atoms with Crippen molar-refractivity contribution in [2.75, 3.05) is 11.9 Å². The Balaban J connectivity index is 1.65. The summed E-state index contributed by atoms with van der Waals surface area (Å²) in [5.41, 5.74) is 2.55. The molecule has 1 atom stereocenters. The van der Waals surface area contributed by atoms with Crippen LogP contribution in [0.15, 0.2) is 48.5 Å². The third kappa shape index (κ3) is 5.63. The smallest absolute Gasteiger partial charge is 0.303 e. The lowest BCUT2D eigenvalue weighted by molar-refractivity contribution is -0.137. The molecule has 0 spiro atoms. The number of piperidine rings is 1. The molecule has 1 aliphatic rings. The van der Waals surface area contributed by atoms with E-state index in [0.29, 0.717) is 18.7 Å². The summed E-state index contributed by atoms with van der Waals surface area (Å²) < 4.78 is 13.1. The van der Waals surface area contributed by atoms with Crippen molar-refractivity contribution in [3.05, 3.63) is 65.5 Å². The van der Waals surface area contributed by atoms with E-state index in [-0.39, 0.29) is 24.2 Å². The quantitative estimate of drug-likeness (QED) is 0.761. The van der Waals surface area contributed by atoms with Crippen LogP contribution < -0.4 is 5.32 Å². The molecule has 1 unspecified atom stereocenters. The minimum absolute atomic E-state index is 0.0582. The number of nitrogens with one attached hydrogen (secondary N) is 1. The van der Waals surface area contributed by atoms with Crippen molar-refractivity contribution in [3.8, 4) is 0 Å². The Labute approximate surface area is 164 Å². The number of halogens is 1. The van der Waals surface area contributed by atoms with Gasteiger partial charge in [-0.2, -0.15) is 0 Å². The molecule has 3 rings (SSSR count). The minimum atomic E-state index is -0.840. The third-order valence-corrected chi connectivity index (χ3v) is 5.04. The molecule has 2 aromatic rings. The number of rotatable bonds is 7. The molecular formula is C22H25FN2O3. The van der Waals surface area contributed by atoms with Gasteiger partial charge in [0.05, 0.1) is 6.04 Å². The summed E-state index contributed by atoms with van der Waals surface area (Å²) in [5, 5.41) is 11.8. The van der Waals surface area contributed by atoms with Crippen molar-refractivity contribution in [2.24, 2.45) is 0 Å². The lowest BCUT2D eigenvalue weighted by atomic mass is 10.00. The van der Waals surface area contributed by atoms with Crippen LogP contribution in [0, 0.1) is 5.82 Å². The topological polar surface area (TPSA) is 69.6 Å². The fraction of sp³-hybridized carbons (Fsp3) is 0.364. The molecule has 28 heavy (non-hydrogen) atoms.